The second kappa shape index (κ2) is 10.0. The molecule has 0 saturated heterocycles. The van der Waals surface area contributed by atoms with Crippen molar-refractivity contribution in [2.45, 2.75) is 20.3 Å². The first-order chi connectivity index (χ1) is 16.8. The maximum atomic E-state index is 12.9. The molecule has 0 saturated carbocycles. The van der Waals surface area contributed by atoms with Gasteiger partial charge in [0.25, 0.3) is 5.69 Å². The summed E-state index contributed by atoms with van der Waals surface area (Å²) in [6, 6.07) is 20.8. The molecule has 0 unspecified atom stereocenters. The Labute approximate surface area is 201 Å². The fourth-order valence-corrected chi connectivity index (χ4v) is 3.64. The van der Waals surface area contributed by atoms with Crippen LogP contribution >= 0.6 is 0 Å². The zero-order chi connectivity index (χ0) is 24.9. The molecule has 1 heterocycles. The number of nitrogens with one attached hydrogen (secondary N) is 2. The molecule has 9 nitrogen and oxygen atoms in total. The molecule has 4 aromatic rings. The largest absolute Gasteiger partial charge is 0.326 e. The summed E-state index contributed by atoms with van der Waals surface area (Å²) < 4.78 is 1.68. The number of rotatable bonds is 7. The molecule has 0 bridgehead atoms. The Kier molecular flexibility index (Phi) is 6.68. The lowest BCUT2D eigenvalue weighted by Crippen LogP contribution is -2.15. The number of anilines is 2. The first-order valence-corrected chi connectivity index (χ1v) is 10.9. The number of hydrogen-bond acceptors (Lipinski definition) is 5. The van der Waals surface area contributed by atoms with E-state index in [2.05, 4.69) is 15.7 Å². The van der Waals surface area contributed by atoms with E-state index in [4.69, 9.17) is 0 Å². The zero-order valence-corrected chi connectivity index (χ0v) is 19.2. The van der Waals surface area contributed by atoms with Crippen LogP contribution in [0.25, 0.3) is 16.9 Å². The van der Waals surface area contributed by atoms with Crippen LogP contribution < -0.4 is 10.6 Å². The lowest BCUT2D eigenvalue weighted by molar-refractivity contribution is -0.384. The van der Waals surface area contributed by atoms with Crippen LogP contribution in [-0.4, -0.2) is 26.5 Å². The van der Waals surface area contributed by atoms with E-state index in [9.17, 15) is 19.7 Å². The minimum atomic E-state index is -0.461. The third-order valence-electron chi connectivity index (χ3n) is 5.35. The van der Waals surface area contributed by atoms with Crippen molar-refractivity contribution in [2.24, 2.45) is 0 Å². The third kappa shape index (κ3) is 5.59. The standard InChI is InChI=1S/C26H23N5O4/c1-17-8-11-21(15-24(17)27-18(2)32)28-25(33)14-20-16-30(22-6-4-3-5-7-22)29-26(20)19-9-12-23(13-10-19)31(34)35/h3-13,15-16H,14H2,1-2H3,(H,27,32)(H,28,33). The van der Waals surface area contributed by atoms with Gasteiger partial charge in [0.15, 0.2) is 0 Å². The van der Waals surface area contributed by atoms with Crippen molar-refractivity contribution in [2.75, 3.05) is 10.6 Å². The highest BCUT2D eigenvalue weighted by Gasteiger charge is 2.17. The van der Waals surface area contributed by atoms with Gasteiger partial charge in [0, 0.05) is 47.8 Å². The molecule has 0 fully saturated rings. The molecule has 4 rings (SSSR count). The van der Waals surface area contributed by atoms with Crippen molar-refractivity contribution in [3.8, 4) is 16.9 Å². The van der Waals surface area contributed by atoms with Gasteiger partial charge in [-0.3, -0.25) is 19.7 Å². The highest BCUT2D eigenvalue weighted by Crippen LogP contribution is 2.27. The maximum absolute atomic E-state index is 12.9. The number of benzene rings is 3. The molecule has 3 aromatic carbocycles. The van der Waals surface area contributed by atoms with Crippen LogP contribution in [0.15, 0.2) is 79.0 Å². The molecule has 0 radical (unpaired) electrons. The molecule has 176 valence electrons. The molecular weight excluding hydrogens is 446 g/mol. The van der Waals surface area contributed by atoms with Gasteiger partial charge in [0.2, 0.25) is 11.8 Å². The first-order valence-electron chi connectivity index (χ1n) is 10.9. The number of nitro benzene ring substituents is 1. The summed E-state index contributed by atoms with van der Waals surface area (Å²) in [6.45, 7) is 3.29. The van der Waals surface area contributed by atoms with Gasteiger partial charge in [-0.05, 0) is 48.9 Å². The lowest BCUT2D eigenvalue weighted by atomic mass is 10.1. The molecule has 35 heavy (non-hydrogen) atoms. The van der Waals surface area contributed by atoms with Crippen molar-refractivity contribution >= 4 is 28.9 Å². The Morgan fingerprint density at radius 1 is 1.00 bits per heavy atom. The molecule has 2 N–H and O–H groups in total. The van der Waals surface area contributed by atoms with Gasteiger partial charge in [-0.25, -0.2) is 4.68 Å². The van der Waals surface area contributed by atoms with E-state index in [-0.39, 0.29) is 23.9 Å². The van der Waals surface area contributed by atoms with E-state index >= 15 is 0 Å². The first kappa shape index (κ1) is 23.4. The van der Waals surface area contributed by atoms with Crippen LogP contribution in [-0.2, 0) is 16.0 Å². The topological polar surface area (TPSA) is 119 Å². The van der Waals surface area contributed by atoms with Crippen LogP contribution in [0.3, 0.4) is 0 Å². The molecule has 0 aliphatic carbocycles. The molecular formula is C26H23N5O4. The second-order valence-electron chi connectivity index (χ2n) is 8.02. The SMILES string of the molecule is CC(=O)Nc1cc(NC(=O)Cc2cn(-c3ccccc3)nc2-c2ccc([N+](=O)[O-])cc2)ccc1C. The number of nitrogens with zero attached hydrogens (tertiary/aromatic N) is 3. The van der Waals surface area contributed by atoms with E-state index < -0.39 is 4.92 Å². The van der Waals surface area contributed by atoms with Gasteiger partial charge >= 0.3 is 0 Å². The van der Waals surface area contributed by atoms with E-state index in [1.807, 2.05) is 43.3 Å². The maximum Gasteiger partial charge on any atom is 0.269 e. The average molecular weight is 470 g/mol. The second-order valence-corrected chi connectivity index (χ2v) is 8.02. The van der Waals surface area contributed by atoms with Crippen molar-refractivity contribution in [3.63, 3.8) is 0 Å². The fraction of sp³-hybridized carbons (Fsp3) is 0.115. The number of aromatic nitrogens is 2. The van der Waals surface area contributed by atoms with E-state index in [0.29, 0.717) is 28.2 Å². The van der Waals surface area contributed by atoms with Gasteiger partial charge in [-0.1, -0.05) is 24.3 Å². The fourth-order valence-electron chi connectivity index (χ4n) is 3.64. The number of nitro groups is 1. The molecule has 0 aliphatic heterocycles. The van der Waals surface area contributed by atoms with Crippen molar-refractivity contribution < 1.29 is 14.5 Å². The van der Waals surface area contributed by atoms with Crippen molar-refractivity contribution in [3.05, 3.63) is 100 Å². The highest BCUT2D eigenvalue weighted by molar-refractivity contribution is 5.95. The molecule has 1 aromatic heterocycles. The summed E-state index contributed by atoms with van der Waals surface area (Å²) >= 11 is 0. The Morgan fingerprint density at radius 2 is 1.71 bits per heavy atom. The van der Waals surface area contributed by atoms with Gasteiger partial charge in [0.05, 0.1) is 22.7 Å². The van der Waals surface area contributed by atoms with Crippen LogP contribution in [0.1, 0.15) is 18.1 Å². The predicted molar refractivity (Wildman–Crippen MR) is 133 cm³/mol. The monoisotopic (exact) mass is 469 g/mol. The Bertz CT molecular complexity index is 1400. The summed E-state index contributed by atoms with van der Waals surface area (Å²) in [4.78, 5) is 35.0. The van der Waals surface area contributed by atoms with Crippen LogP contribution in [0.4, 0.5) is 17.1 Å². The van der Waals surface area contributed by atoms with Crippen molar-refractivity contribution in [1.82, 2.24) is 9.78 Å². The Balaban J connectivity index is 1.63. The Hall–Kier alpha value is -4.79. The summed E-state index contributed by atoms with van der Waals surface area (Å²) in [7, 11) is 0. The molecule has 0 spiro atoms. The third-order valence-corrected chi connectivity index (χ3v) is 5.35. The summed E-state index contributed by atoms with van der Waals surface area (Å²) in [6.07, 6.45) is 1.81. The van der Waals surface area contributed by atoms with E-state index in [0.717, 1.165) is 11.3 Å². The van der Waals surface area contributed by atoms with Gasteiger partial charge in [0.1, 0.15) is 0 Å². The molecule has 9 heteroatoms. The summed E-state index contributed by atoms with van der Waals surface area (Å²) in [5.41, 5.74) is 4.73. The predicted octanol–water partition coefficient (Wildman–Crippen LogP) is 4.90. The van der Waals surface area contributed by atoms with Crippen molar-refractivity contribution in [1.29, 1.82) is 0 Å². The van der Waals surface area contributed by atoms with E-state index in [1.165, 1.54) is 19.1 Å². The number of hydrogen-bond donors (Lipinski definition) is 2. The molecule has 0 atom stereocenters. The van der Waals surface area contributed by atoms with Gasteiger partial charge < -0.3 is 10.6 Å². The smallest absolute Gasteiger partial charge is 0.269 e. The molecule has 0 aliphatic rings. The zero-order valence-electron chi connectivity index (χ0n) is 19.2. The van der Waals surface area contributed by atoms with Crippen LogP contribution in [0, 0.1) is 17.0 Å². The number of amides is 2. The number of carbonyl (C=O) groups is 2. The number of para-hydroxylation sites is 1. The van der Waals surface area contributed by atoms with Crippen LogP contribution in [0.2, 0.25) is 0 Å². The number of carbonyl (C=O) groups excluding carboxylic acids is 2. The normalized spacial score (nSPS) is 10.6. The number of aryl methyl sites for hydroxylation is 1. The molecule has 2 amide bonds. The quantitative estimate of drug-likeness (QED) is 0.295. The summed E-state index contributed by atoms with van der Waals surface area (Å²) in [5, 5.41) is 21.3. The average Bonchev–Trinajstić information content (AvgIpc) is 3.25. The van der Waals surface area contributed by atoms with Gasteiger partial charge in [-0.15, -0.1) is 0 Å². The lowest BCUT2D eigenvalue weighted by Gasteiger charge is -2.10. The van der Waals surface area contributed by atoms with E-state index in [1.54, 1.807) is 35.1 Å². The minimum Gasteiger partial charge on any atom is -0.326 e. The number of non-ortho nitro benzene ring substituents is 1. The highest BCUT2D eigenvalue weighted by atomic mass is 16.6. The van der Waals surface area contributed by atoms with Gasteiger partial charge in [-0.2, -0.15) is 5.10 Å². The minimum absolute atomic E-state index is 0.0233. The van der Waals surface area contributed by atoms with Crippen LogP contribution in [0.5, 0.6) is 0 Å². The Morgan fingerprint density at radius 3 is 2.37 bits per heavy atom. The summed E-state index contributed by atoms with van der Waals surface area (Å²) in [5.74, 6) is -0.462.